The van der Waals surface area contributed by atoms with Crippen LogP contribution >= 0.6 is 11.8 Å². The normalized spacial score (nSPS) is 29.9. The van der Waals surface area contributed by atoms with Gasteiger partial charge < -0.3 is 4.90 Å². The topological polar surface area (TPSA) is 32.3 Å². The van der Waals surface area contributed by atoms with Crippen molar-refractivity contribution in [1.82, 2.24) is 10.2 Å². The Morgan fingerprint density at radius 2 is 2.20 bits per heavy atom. The minimum atomic E-state index is 0.0397. The SMILES string of the molecule is CC1C(Cc2ccccc2)CCN1C(=O)C1CSCN1. The molecule has 1 amide bonds. The Hall–Kier alpha value is -1.000. The van der Waals surface area contributed by atoms with Crippen LogP contribution < -0.4 is 5.32 Å². The van der Waals surface area contributed by atoms with E-state index in [9.17, 15) is 4.79 Å². The van der Waals surface area contributed by atoms with E-state index in [4.69, 9.17) is 0 Å². The summed E-state index contributed by atoms with van der Waals surface area (Å²) in [5.41, 5.74) is 1.38. The Morgan fingerprint density at radius 3 is 2.90 bits per heavy atom. The molecule has 0 spiro atoms. The molecule has 1 N–H and O–H groups in total. The third kappa shape index (κ3) is 2.86. The number of hydrogen-bond acceptors (Lipinski definition) is 3. The fourth-order valence-electron chi connectivity index (χ4n) is 3.26. The molecular formula is C16H22N2OS. The monoisotopic (exact) mass is 290 g/mol. The third-order valence-electron chi connectivity index (χ3n) is 4.55. The summed E-state index contributed by atoms with van der Waals surface area (Å²) in [4.78, 5) is 14.6. The molecule has 2 aliphatic heterocycles. The first-order valence-electron chi connectivity index (χ1n) is 7.41. The lowest BCUT2D eigenvalue weighted by molar-refractivity contribution is -0.133. The van der Waals surface area contributed by atoms with Gasteiger partial charge >= 0.3 is 0 Å². The number of nitrogens with zero attached hydrogens (tertiary/aromatic N) is 1. The van der Waals surface area contributed by atoms with Gasteiger partial charge in [-0.15, -0.1) is 11.8 Å². The van der Waals surface area contributed by atoms with E-state index in [2.05, 4.69) is 47.5 Å². The summed E-state index contributed by atoms with van der Waals surface area (Å²) in [6.07, 6.45) is 2.21. The molecule has 3 unspecified atom stereocenters. The maximum absolute atomic E-state index is 12.5. The number of carbonyl (C=O) groups is 1. The lowest BCUT2D eigenvalue weighted by Gasteiger charge is -2.27. The molecule has 0 radical (unpaired) electrons. The zero-order chi connectivity index (χ0) is 13.9. The molecule has 2 heterocycles. The third-order valence-corrected chi connectivity index (χ3v) is 5.49. The molecule has 1 aromatic carbocycles. The molecule has 0 aromatic heterocycles. The average molecular weight is 290 g/mol. The van der Waals surface area contributed by atoms with Crippen molar-refractivity contribution < 1.29 is 4.79 Å². The first-order valence-corrected chi connectivity index (χ1v) is 8.56. The molecule has 1 aromatic rings. The Kier molecular flexibility index (Phi) is 4.32. The van der Waals surface area contributed by atoms with Gasteiger partial charge in [0.25, 0.3) is 0 Å². The maximum Gasteiger partial charge on any atom is 0.240 e. The zero-order valence-electron chi connectivity index (χ0n) is 11.9. The molecule has 3 nitrogen and oxygen atoms in total. The van der Waals surface area contributed by atoms with Crippen molar-refractivity contribution in [1.29, 1.82) is 0 Å². The highest BCUT2D eigenvalue weighted by atomic mass is 32.2. The Balaban J connectivity index is 1.61. The standard InChI is InChI=1S/C16H22N2OS/c1-12-14(9-13-5-3-2-4-6-13)7-8-18(12)16(19)15-10-20-11-17-15/h2-6,12,14-15,17H,7-11H2,1H3. The van der Waals surface area contributed by atoms with Gasteiger partial charge in [-0.1, -0.05) is 30.3 Å². The molecule has 3 atom stereocenters. The number of carbonyl (C=O) groups excluding carboxylic acids is 1. The summed E-state index contributed by atoms with van der Waals surface area (Å²) in [5.74, 6) is 2.73. The van der Waals surface area contributed by atoms with E-state index < -0.39 is 0 Å². The second-order valence-electron chi connectivity index (χ2n) is 5.78. The van der Waals surface area contributed by atoms with Crippen LogP contribution in [-0.2, 0) is 11.2 Å². The van der Waals surface area contributed by atoms with Crippen molar-refractivity contribution >= 4 is 17.7 Å². The van der Waals surface area contributed by atoms with Gasteiger partial charge in [-0.3, -0.25) is 10.1 Å². The molecular weight excluding hydrogens is 268 g/mol. The number of amides is 1. The van der Waals surface area contributed by atoms with E-state index in [0.29, 0.717) is 17.9 Å². The maximum atomic E-state index is 12.5. The molecule has 2 saturated heterocycles. The summed E-state index contributed by atoms with van der Waals surface area (Å²) in [5, 5.41) is 3.29. The van der Waals surface area contributed by atoms with E-state index in [1.165, 1.54) is 5.56 Å². The van der Waals surface area contributed by atoms with Crippen LogP contribution in [0.15, 0.2) is 30.3 Å². The van der Waals surface area contributed by atoms with Crippen LogP contribution in [0, 0.1) is 5.92 Å². The molecule has 0 saturated carbocycles. The number of nitrogens with one attached hydrogen (secondary N) is 1. The molecule has 0 aliphatic carbocycles. The fourth-order valence-corrected chi connectivity index (χ4v) is 4.19. The van der Waals surface area contributed by atoms with Gasteiger partial charge in [-0.2, -0.15) is 0 Å². The number of benzene rings is 1. The van der Waals surface area contributed by atoms with Crippen LogP contribution in [0.1, 0.15) is 18.9 Å². The van der Waals surface area contributed by atoms with E-state index in [0.717, 1.165) is 31.0 Å². The van der Waals surface area contributed by atoms with Gasteiger partial charge in [-0.05, 0) is 31.2 Å². The predicted octanol–water partition coefficient (Wildman–Crippen LogP) is 2.13. The highest BCUT2D eigenvalue weighted by Crippen LogP contribution is 2.28. The molecule has 20 heavy (non-hydrogen) atoms. The minimum absolute atomic E-state index is 0.0397. The number of likely N-dealkylation sites (tertiary alicyclic amines) is 1. The molecule has 2 aliphatic rings. The van der Waals surface area contributed by atoms with E-state index in [1.807, 2.05) is 11.8 Å². The van der Waals surface area contributed by atoms with Crippen LogP contribution in [0.2, 0.25) is 0 Å². The Morgan fingerprint density at radius 1 is 1.40 bits per heavy atom. The van der Waals surface area contributed by atoms with Crippen LogP contribution in [0.25, 0.3) is 0 Å². The lowest BCUT2D eigenvalue weighted by atomic mass is 9.93. The highest BCUT2D eigenvalue weighted by Gasteiger charge is 2.37. The Labute approximate surface area is 125 Å². The largest absolute Gasteiger partial charge is 0.338 e. The molecule has 3 rings (SSSR count). The van der Waals surface area contributed by atoms with Crippen molar-refractivity contribution in [2.24, 2.45) is 5.92 Å². The van der Waals surface area contributed by atoms with Crippen molar-refractivity contribution in [2.75, 3.05) is 18.2 Å². The second-order valence-corrected chi connectivity index (χ2v) is 6.81. The molecule has 2 fully saturated rings. The zero-order valence-corrected chi connectivity index (χ0v) is 12.7. The number of hydrogen-bond donors (Lipinski definition) is 1. The van der Waals surface area contributed by atoms with Gasteiger partial charge in [0.15, 0.2) is 0 Å². The smallest absolute Gasteiger partial charge is 0.240 e. The second kappa shape index (κ2) is 6.19. The van der Waals surface area contributed by atoms with Crippen molar-refractivity contribution in [2.45, 2.75) is 31.8 Å². The van der Waals surface area contributed by atoms with E-state index in [1.54, 1.807) is 0 Å². The molecule has 108 valence electrons. The van der Waals surface area contributed by atoms with Crippen LogP contribution in [0.3, 0.4) is 0 Å². The van der Waals surface area contributed by atoms with Crippen molar-refractivity contribution in [3.8, 4) is 0 Å². The van der Waals surface area contributed by atoms with Gasteiger partial charge in [-0.25, -0.2) is 0 Å². The highest BCUT2D eigenvalue weighted by molar-refractivity contribution is 7.99. The number of thioether (sulfide) groups is 1. The lowest BCUT2D eigenvalue weighted by Crippen LogP contribution is -2.47. The van der Waals surface area contributed by atoms with E-state index in [-0.39, 0.29) is 6.04 Å². The van der Waals surface area contributed by atoms with Gasteiger partial charge in [0.1, 0.15) is 0 Å². The first kappa shape index (κ1) is 14.0. The van der Waals surface area contributed by atoms with Crippen LogP contribution in [0.4, 0.5) is 0 Å². The van der Waals surface area contributed by atoms with Gasteiger partial charge in [0, 0.05) is 24.2 Å². The summed E-state index contributed by atoms with van der Waals surface area (Å²) in [6, 6.07) is 11.0. The van der Waals surface area contributed by atoms with E-state index >= 15 is 0 Å². The van der Waals surface area contributed by atoms with Crippen molar-refractivity contribution in [3.63, 3.8) is 0 Å². The predicted molar refractivity (Wildman–Crippen MR) is 83.7 cm³/mol. The Bertz CT molecular complexity index is 459. The quantitative estimate of drug-likeness (QED) is 0.925. The van der Waals surface area contributed by atoms with Crippen LogP contribution in [0.5, 0.6) is 0 Å². The molecule has 4 heteroatoms. The average Bonchev–Trinajstić information content (AvgIpc) is 3.11. The summed E-state index contributed by atoms with van der Waals surface area (Å²) in [6.45, 7) is 3.13. The van der Waals surface area contributed by atoms with Crippen LogP contribution in [-0.4, -0.2) is 41.1 Å². The van der Waals surface area contributed by atoms with Gasteiger partial charge in [0.2, 0.25) is 5.91 Å². The molecule has 0 bridgehead atoms. The minimum Gasteiger partial charge on any atom is -0.338 e. The summed E-state index contributed by atoms with van der Waals surface area (Å²) in [7, 11) is 0. The fraction of sp³-hybridized carbons (Fsp3) is 0.562. The van der Waals surface area contributed by atoms with Crippen molar-refractivity contribution in [3.05, 3.63) is 35.9 Å². The van der Waals surface area contributed by atoms with Gasteiger partial charge in [0.05, 0.1) is 6.04 Å². The summed E-state index contributed by atoms with van der Waals surface area (Å²) >= 11 is 1.82. The summed E-state index contributed by atoms with van der Waals surface area (Å²) < 4.78 is 0. The number of rotatable bonds is 3. The first-order chi connectivity index (χ1) is 9.75.